The van der Waals surface area contributed by atoms with Crippen LogP contribution in [-0.4, -0.2) is 20.9 Å². The Morgan fingerprint density at radius 2 is 1.93 bits per heavy atom. The van der Waals surface area contributed by atoms with Crippen LogP contribution in [0.4, 0.5) is 4.39 Å². The third-order valence-electron chi connectivity index (χ3n) is 4.19. The first-order valence-electron chi connectivity index (χ1n) is 8.89. The summed E-state index contributed by atoms with van der Waals surface area (Å²) < 4.78 is 14.4. The van der Waals surface area contributed by atoms with Gasteiger partial charge in [0.15, 0.2) is 0 Å². The average Bonchev–Trinajstić information content (AvgIpc) is 2.69. The number of carbonyl (C=O) groups is 1. The standard InChI is InChI=1S/C21H19ClFN3O2S/c1-13-3-7-17(8-4-13)26-20(27)10-9-19(25-26)29-14(2)21(28)24-12-15-5-6-16(23)11-18(15)22/h3-11,14H,12H2,1-2H3,(H,24,28). The van der Waals surface area contributed by atoms with E-state index in [4.69, 9.17) is 11.6 Å². The van der Waals surface area contributed by atoms with Crippen molar-refractivity contribution in [3.63, 3.8) is 0 Å². The molecule has 1 N–H and O–H groups in total. The van der Waals surface area contributed by atoms with E-state index in [1.807, 2.05) is 31.2 Å². The first kappa shape index (κ1) is 21.1. The molecule has 0 spiro atoms. The van der Waals surface area contributed by atoms with E-state index in [0.29, 0.717) is 16.3 Å². The number of hydrogen-bond donors (Lipinski definition) is 1. The van der Waals surface area contributed by atoms with Crippen molar-refractivity contribution in [1.82, 2.24) is 15.1 Å². The summed E-state index contributed by atoms with van der Waals surface area (Å²) in [5.74, 6) is -0.644. The molecule has 1 unspecified atom stereocenters. The Morgan fingerprint density at radius 1 is 1.21 bits per heavy atom. The van der Waals surface area contributed by atoms with Crippen LogP contribution in [-0.2, 0) is 11.3 Å². The lowest BCUT2D eigenvalue weighted by molar-refractivity contribution is -0.120. The molecule has 8 heteroatoms. The Balaban J connectivity index is 1.67. The van der Waals surface area contributed by atoms with E-state index in [1.54, 1.807) is 13.0 Å². The zero-order chi connectivity index (χ0) is 21.0. The second-order valence-corrected chi connectivity index (χ2v) is 8.24. The van der Waals surface area contributed by atoms with Crippen molar-refractivity contribution in [2.75, 3.05) is 0 Å². The maximum absolute atomic E-state index is 13.1. The third kappa shape index (κ3) is 5.46. The number of thioether (sulfide) groups is 1. The number of halogens is 2. The molecule has 3 rings (SSSR count). The van der Waals surface area contributed by atoms with Crippen molar-refractivity contribution in [2.24, 2.45) is 0 Å². The van der Waals surface area contributed by atoms with Gasteiger partial charge in [-0.05, 0) is 49.7 Å². The summed E-state index contributed by atoms with van der Waals surface area (Å²) in [5.41, 5.74) is 2.12. The lowest BCUT2D eigenvalue weighted by atomic mass is 10.2. The topological polar surface area (TPSA) is 64.0 Å². The number of carbonyl (C=O) groups excluding carboxylic acids is 1. The molecule has 5 nitrogen and oxygen atoms in total. The number of aryl methyl sites for hydroxylation is 1. The molecule has 0 radical (unpaired) electrons. The zero-order valence-corrected chi connectivity index (χ0v) is 17.4. The van der Waals surface area contributed by atoms with E-state index < -0.39 is 11.1 Å². The van der Waals surface area contributed by atoms with Crippen LogP contribution < -0.4 is 10.9 Å². The summed E-state index contributed by atoms with van der Waals surface area (Å²) in [6.45, 7) is 3.90. The highest BCUT2D eigenvalue weighted by molar-refractivity contribution is 8.00. The molecule has 3 aromatic rings. The molecule has 29 heavy (non-hydrogen) atoms. The van der Waals surface area contributed by atoms with E-state index in [0.717, 1.165) is 5.56 Å². The van der Waals surface area contributed by atoms with Gasteiger partial charge in [0, 0.05) is 17.6 Å². The van der Waals surface area contributed by atoms with Gasteiger partial charge >= 0.3 is 0 Å². The molecule has 0 fully saturated rings. The van der Waals surface area contributed by atoms with Crippen molar-refractivity contribution in [1.29, 1.82) is 0 Å². The summed E-state index contributed by atoms with van der Waals surface area (Å²) in [6.07, 6.45) is 0. The fraction of sp³-hybridized carbons (Fsp3) is 0.190. The molecule has 0 bridgehead atoms. The van der Waals surface area contributed by atoms with Crippen LogP contribution in [0, 0.1) is 12.7 Å². The van der Waals surface area contributed by atoms with Gasteiger partial charge < -0.3 is 5.32 Å². The lowest BCUT2D eigenvalue weighted by Gasteiger charge is -2.13. The van der Waals surface area contributed by atoms with E-state index >= 15 is 0 Å². The zero-order valence-electron chi connectivity index (χ0n) is 15.9. The van der Waals surface area contributed by atoms with Gasteiger partial charge in [-0.3, -0.25) is 9.59 Å². The molecule has 0 saturated carbocycles. The molecule has 0 saturated heterocycles. The summed E-state index contributed by atoms with van der Waals surface area (Å²) in [5, 5.41) is 7.50. The summed E-state index contributed by atoms with van der Waals surface area (Å²) in [6, 6.07) is 14.5. The van der Waals surface area contributed by atoms with Gasteiger partial charge in [-0.15, -0.1) is 0 Å². The molecular formula is C21H19ClFN3O2S. The first-order chi connectivity index (χ1) is 13.8. The highest BCUT2D eigenvalue weighted by Gasteiger charge is 2.16. The quantitative estimate of drug-likeness (QED) is 0.596. The minimum atomic E-state index is -0.453. The van der Waals surface area contributed by atoms with Crippen LogP contribution in [0.25, 0.3) is 5.69 Å². The number of rotatable bonds is 6. The third-order valence-corrected chi connectivity index (χ3v) is 5.57. The Morgan fingerprint density at radius 3 is 2.62 bits per heavy atom. The van der Waals surface area contributed by atoms with Gasteiger partial charge in [-0.1, -0.05) is 47.1 Å². The van der Waals surface area contributed by atoms with Crippen LogP contribution in [0.3, 0.4) is 0 Å². The van der Waals surface area contributed by atoms with Gasteiger partial charge in [0.1, 0.15) is 10.8 Å². The van der Waals surface area contributed by atoms with Crippen LogP contribution in [0.1, 0.15) is 18.1 Å². The second kappa shape index (κ2) is 9.24. The number of benzene rings is 2. The molecule has 150 valence electrons. The molecule has 1 atom stereocenters. The van der Waals surface area contributed by atoms with Crippen LogP contribution in [0.2, 0.25) is 5.02 Å². The van der Waals surface area contributed by atoms with Crippen molar-refractivity contribution in [3.8, 4) is 5.69 Å². The number of hydrogen-bond acceptors (Lipinski definition) is 4. The Kier molecular flexibility index (Phi) is 6.71. The predicted octanol–water partition coefficient (Wildman–Crippen LogP) is 4.13. The summed E-state index contributed by atoms with van der Waals surface area (Å²) >= 11 is 7.22. The van der Waals surface area contributed by atoms with Crippen molar-refractivity contribution in [2.45, 2.75) is 30.7 Å². The fourth-order valence-corrected chi connectivity index (χ4v) is 3.62. The Hall–Kier alpha value is -2.64. The van der Waals surface area contributed by atoms with Crippen LogP contribution in [0.15, 0.2) is 64.4 Å². The highest BCUT2D eigenvalue weighted by Crippen LogP contribution is 2.21. The molecule has 0 aliphatic heterocycles. The number of nitrogens with one attached hydrogen (secondary N) is 1. The van der Waals surface area contributed by atoms with Gasteiger partial charge in [0.2, 0.25) is 5.91 Å². The number of aromatic nitrogens is 2. The largest absolute Gasteiger partial charge is 0.351 e. The second-order valence-electron chi connectivity index (χ2n) is 6.47. The maximum Gasteiger partial charge on any atom is 0.271 e. The number of nitrogens with zero attached hydrogens (tertiary/aromatic N) is 2. The Labute approximate surface area is 176 Å². The average molecular weight is 432 g/mol. The lowest BCUT2D eigenvalue weighted by Crippen LogP contribution is -2.30. The molecule has 1 heterocycles. The normalized spacial score (nSPS) is 11.9. The van der Waals surface area contributed by atoms with E-state index in [9.17, 15) is 14.0 Å². The molecular weight excluding hydrogens is 413 g/mol. The molecule has 0 aliphatic rings. The summed E-state index contributed by atoms with van der Waals surface area (Å²) in [7, 11) is 0. The van der Waals surface area contributed by atoms with Crippen molar-refractivity contribution >= 4 is 29.3 Å². The molecule has 2 aromatic carbocycles. The molecule has 1 aromatic heterocycles. The van der Waals surface area contributed by atoms with Crippen LogP contribution in [0.5, 0.6) is 0 Å². The number of amides is 1. The van der Waals surface area contributed by atoms with Gasteiger partial charge in [0.05, 0.1) is 10.9 Å². The fourth-order valence-electron chi connectivity index (χ4n) is 2.55. The first-order valence-corrected chi connectivity index (χ1v) is 10.1. The van der Waals surface area contributed by atoms with E-state index in [2.05, 4.69) is 10.4 Å². The molecule has 0 aliphatic carbocycles. The Bertz CT molecular complexity index is 1090. The van der Waals surface area contributed by atoms with E-state index in [1.165, 1.54) is 40.7 Å². The molecule has 1 amide bonds. The van der Waals surface area contributed by atoms with Gasteiger partial charge in [0.25, 0.3) is 5.56 Å². The smallest absolute Gasteiger partial charge is 0.271 e. The minimum Gasteiger partial charge on any atom is -0.351 e. The van der Waals surface area contributed by atoms with Gasteiger partial charge in [-0.2, -0.15) is 9.78 Å². The highest BCUT2D eigenvalue weighted by atomic mass is 35.5. The minimum absolute atomic E-state index is 0.194. The SMILES string of the molecule is Cc1ccc(-n2nc(SC(C)C(=O)NCc3ccc(F)cc3Cl)ccc2=O)cc1. The van der Waals surface area contributed by atoms with Crippen molar-refractivity contribution in [3.05, 3.63) is 86.9 Å². The predicted molar refractivity (Wildman–Crippen MR) is 113 cm³/mol. The summed E-state index contributed by atoms with van der Waals surface area (Å²) in [4.78, 5) is 24.6. The monoisotopic (exact) mass is 431 g/mol. The van der Waals surface area contributed by atoms with Crippen molar-refractivity contribution < 1.29 is 9.18 Å². The van der Waals surface area contributed by atoms with Gasteiger partial charge in [-0.25, -0.2) is 4.39 Å². The maximum atomic E-state index is 13.1. The van der Waals surface area contributed by atoms with Crippen LogP contribution >= 0.6 is 23.4 Å². The van der Waals surface area contributed by atoms with E-state index in [-0.39, 0.29) is 23.0 Å².